The molecule has 0 amide bonds. The highest BCUT2D eigenvalue weighted by atomic mass is 35.5. The number of para-hydroxylation sites is 1. The Kier molecular flexibility index (Phi) is 3.81. The highest BCUT2D eigenvalue weighted by Crippen LogP contribution is 2.32. The third-order valence-electron chi connectivity index (χ3n) is 3.72. The monoisotopic (exact) mass is 332 g/mol. The van der Waals surface area contributed by atoms with Crippen LogP contribution in [0.4, 0.5) is 5.69 Å². The summed E-state index contributed by atoms with van der Waals surface area (Å²) in [4.78, 5) is 0. The van der Waals surface area contributed by atoms with Crippen LogP contribution in [0.1, 0.15) is 16.7 Å². The first-order valence-electron chi connectivity index (χ1n) is 6.78. The third kappa shape index (κ3) is 2.68. The van der Waals surface area contributed by atoms with Crippen molar-refractivity contribution in [3.05, 3.63) is 64.2 Å². The molecule has 0 atom stereocenters. The number of halogens is 1. The molecule has 0 saturated heterocycles. The molecule has 0 saturated carbocycles. The number of fused-ring (bicyclic) bond motifs is 1. The van der Waals surface area contributed by atoms with Crippen LogP contribution in [0, 0.1) is 11.3 Å². The Morgan fingerprint density at radius 2 is 2.00 bits per heavy atom. The number of aryl methyl sites for hydroxylation is 1. The smallest absolute Gasteiger partial charge is 0.235 e. The molecule has 0 unspecified atom stereocenters. The van der Waals surface area contributed by atoms with E-state index < -0.39 is 10.0 Å². The molecule has 3 rings (SSSR count). The van der Waals surface area contributed by atoms with E-state index in [9.17, 15) is 8.42 Å². The van der Waals surface area contributed by atoms with E-state index in [4.69, 9.17) is 16.9 Å². The average molecular weight is 333 g/mol. The SMILES string of the molecule is N#Cc1ccc(CN2c3ccccc3CCS2(=O)=O)c(Cl)c1. The Balaban J connectivity index is 2.02. The fourth-order valence-electron chi connectivity index (χ4n) is 2.55. The molecular weight excluding hydrogens is 320 g/mol. The summed E-state index contributed by atoms with van der Waals surface area (Å²) in [5.74, 6) is 0.0952. The van der Waals surface area contributed by atoms with Gasteiger partial charge in [0.1, 0.15) is 0 Å². The number of benzene rings is 2. The van der Waals surface area contributed by atoms with Crippen LogP contribution in [-0.2, 0) is 23.0 Å². The number of nitrogens with zero attached hydrogens (tertiary/aromatic N) is 2. The maximum Gasteiger partial charge on any atom is 0.235 e. The molecule has 22 heavy (non-hydrogen) atoms. The lowest BCUT2D eigenvalue weighted by Crippen LogP contribution is -2.37. The zero-order chi connectivity index (χ0) is 15.7. The molecule has 1 aliphatic rings. The van der Waals surface area contributed by atoms with Crippen LogP contribution < -0.4 is 4.31 Å². The maximum absolute atomic E-state index is 12.4. The molecule has 0 N–H and O–H groups in total. The molecule has 4 nitrogen and oxygen atoms in total. The molecule has 0 fully saturated rings. The van der Waals surface area contributed by atoms with Gasteiger partial charge in [0, 0.05) is 5.02 Å². The second kappa shape index (κ2) is 5.64. The first kappa shape index (κ1) is 14.9. The predicted octanol–water partition coefficient (Wildman–Crippen LogP) is 3.10. The largest absolute Gasteiger partial charge is 0.265 e. The van der Waals surface area contributed by atoms with Crippen molar-refractivity contribution in [3.63, 3.8) is 0 Å². The molecule has 2 aromatic rings. The summed E-state index contributed by atoms with van der Waals surface area (Å²) in [5, 5.41) is 9.27. The average Bonchev–Trinajstić information content (AvgIpc) is 2.51. The number of sulfonamides is 1. The van der Waals surface area contributed by atoms with Crippen LogP contribution in [-0.4, -0.2) is 14.2 Å². The second-order valence-corrected chi connectivity index (χ2v) is 7.54. The van der Waals surface area contributed by atoms with Crippen molar-refractivity contribution in [1.82, 2.24) is 0 Å². The van der Waals surface area contributed by atoms with E-state index >= 15 is 0 Å². The highest BCUT2D eigenvalue weighted by molar-refractivity contribution is 7.92. The predicted molar refractivity (Wildman–Crippen MR) is 86.3 cm³/mol. The Morgan fingerprint density at radius 1 is 1.23 bits per heavy atom. The van der Waals surface area contributed by atoms with Gasteiger partial charge >= 0.3 is 0 Å². The van der Waals surface area contributed by atoms with Gasteiger partial charge in [-0.1, -0.05) is 35.9 Å². The Morgan fingerprint density at radius 3 is 2.73 bits per heavy atom. The van der Waals surface area contributed by atoms with E-state index in [1.807, 2.05) is 30.3 Å². The van der Waals surface area contributed by atoms with Crippen molar-refractivity contribution in [2.24, 2.45) is 0 Å². The number of hydrogen-bond acceptors (Lipinski definition) is 3. The van der Waals surface area contributed by atoms with Crippen LogP contribution >= 0.6 is 11.6 Å². The van der Waals surface area contributed by atoms with Crippen LogP contribution in [0.3, 0.4) is 0 Å². The van der Waals surface area contributed by atoms with E-state index in [0.717, 1.165) is 5.56 Å². The van der Waals surface area contributed by atoms with Crippen molar-refractivity contribution < 1.29 is 8.42 Å². The highest BCUT2D eigenvalue weighted by Gasteiger charge is 2.29. The van der Waals surface area contributed by atoms with E-state index in [1.54, 1.807) is 18.2 Å². The summed E-state index contributed by atoms with van der Waals surface area (Å²) in [7, 11) is -3.36. The molecule has 2 aromatic carbocycles. The van der Waals surface area contributed by atoms with Crippen molar-refractivity contribution in [2.75, 3.05) is 10.1 Å². The van der Waals surface area contributed by atoms with Crippen molar-refractivity contribution >= 4 is 27.3 Å². The zero-order valence-corrected chi connectivity index (χ0v) is 13.2. The third-order valence-corrected chi connectivity index (χ3v) is 5.79. The number of rotatable bonds is 2. The summed E-state index contributed by atoms with van der Waals surface area (Å²) in [6, 6.07) is 14.4. The molecule has 0 bridgehead atoms. The van der Waals surface area contributed by atoms with Crippen LogP contribution in [0.15, 0.2) is 42.5 Å². The van der Waals surface area contributed by atoms with Gasteiger partial charge in [-0.3, -0.25) is 4.31 Å². The molecule has 6 heteroatoms. The van der Waals surface area contributed by atoms with Gasteiger partial charge in [-0.05, 0) is 35.7 Å². The fourth-order valence-corrected chi connectivity index (χ4v) is 4.30. The molecule has 0 spiro atoms. The van der Waals surface area contributed by atoms with Gasteiger partial charge in [0.05, 0.1) is 29.6 Å². The van der Waals surface area contributed by atoms with E-state index in [0.29, 0.717) is 28.3 Å². The minimum Gasteiger partial charge on any atom is -0.265 e. The number of hydrogen-bond donors (Lipinski definition) is 0. The maximum atomic E-state index is 12.4. The number of anilines is 1. The molecule has 0 radical (unpaired) electrons. The Hall–Kier alpha value is -2.03. The standard InChI is InChI=1S/C16H13ClN2O2S/c17-15-9-12(10-18)5-6-14(15)11-19-16-4-2-1-3-13(16)7-8-22(19,20)21/h1-6,9H,7-8,11H2. The van der Waals surface area contributed by atoms with Crippen LogP contribution in [0.2, 0.25) is 5.02 Å². The molecule has 1 heterocycles. The summed E-state index contributed by atoms with van der Waals surface area (Å²) < 4.78 is 26.2. The minimum atomic E-state index is -3.36. The van der Waals surface area contributed by atoms with Gasteiger partial charge in [0.2, 0.25) is 10.0 Å². The second-order valence-electron chi connectivity index (χ2n) is 5.12. The van der Waals surface area contributed by atoms with Crippen molar-refractivity contribution in [2.45, 2.75) is 13.0 Å². The first-order chi connectivity index (χ1) is 10.5. The normalized spacial score (nSPS) is 15.9. The molecule has 0 aromatic heterocycles. The summed E-state index contributed by atoms with van der Waals surface area (Å²) >= 11 is 6.17. The minimum absolute atomic E-state index is 0.0952. The quantitative estimate of drug-likeness (QED) is 0.849. The lowest BCUT2D eigenvalue weighted by atomic mass is 10.1. The van der Waals surface area contributed by atoms with Crippen molar-refractivity contribution in [1.29, 1.82) is 5.26 Å². The summed E-state index contributed by atoms with van der Waals surface area (Å²) in [6.07, 6.45) is 0.524. The van der Waals surface area contributed by atoms with Gasteiger partial charge in [0.25, 0.3) is 0 Å². The topological polar surface area (TPSA) is 61.2 Å². The van der Waals surface area contributed by atoms with Crippen molar-refractivity contribution in [3.8, 4) is 6.07 Å². The summed E-state index contributed by atoms with van der Waals surface area (Å²) in [6.45, 7) is 0.171. The molecular formula is C16H13ClN2O2S. The van der Waals surface area contributed by atoms with E-state index in [-0.39, 0.29) is 12.3 Å². The zero-order valence-electron chi connectivity index (χ0n) is 11.7. The van der Waals surface area contributed by atoms with E-state index in [1.165, 1.54) is 4.31 Å². The van der Waals surface area contributed by atoms with Gasteiger partial charge in [-0.15, -0.1) is 0 Å². The Bertz CT molecular complexity index is 872. The van der Waals surface area contributed by atoms with Gasteiger partial charge < -0.3 is 0 Å². The first-order valence-corrected chi connectivity index (χ1v) is 8.77. The van der Waals surface area contributed by atoms with Gasteiger partial charge in [-0.25, -0.2) is 8.42 Å². The lowest BCUT2D eigenvalue weighted by Gasteiger charge is -2.30. The molecule has 1 aliphatic heterocycles. The molecule has 112 valence electrons. The lowest BCUT2D eigenvalue weighted by molar-refractivity contribution is 0.587. The van der Waals surface area contributed by atoms with Gasteiger partial charge in [-0.2, -0.15) is 5.26 Å². The summed E-state index contributed by atoms with van der Waals surface area (Å²) in [5.41, 5.74) is 2.85. The van der Waals surface area contributed by atoms with Crippen LogP contribution in [0.25, 0.3) is 0 Å². The van der Waals surface area contributed by atoms with E-state index in [2.05, 4.69) is 0 Å². The fraction of sp³-hybridized carbons (Fsp3) is 0.188. The number of nitriles is 1. The molecule has 0 aliphatic carbocycles. The van der Waals surface area contributed by atoms with Gasteiger partial charge in [0.15, 0.2) is 0 Å². The van der Waals surface area contributed by atoms with Crippen LogP contribution in [0.5, 0.6) is 0 Å². The Labute approximate surface area is 134 Å².